The quantitative estimate of drug-likeness (QED) is 0.853. The SMILES string of the molecule is CNCC1CCCN(CC(=O)Nc2ccc3c(c2)OCO3)C1.Cl. The van der Waals surface area contributed by atoms with Gasteiger partial charge in [0.25, 0.3) is 0 Å². The van der Waals surface area contributed by atoms with Crippen molar-refractivity contribution in [1.82, 2.24) is 10.2 Å². The third-order valence-electron chi connectivity index (χ3n) is 4.12. The number of hydrogen-bond acceptors (Lipinski definition) is 5. The van der Waals surface area contributed by atoms with Gasteiger partial charge in [0.1, 0.15) is 0 Å². The highest BCUT2D eigenvalue weighted by molar-refractivity contribution is 5.92. The number of ether oxygens (including phenoxy) is 2. The number of piperidine rings is 1. The molecule has 1 saturated heterocycles. The molecular weight excluding hydrogens is 318 g/mol. The van der Waals surface area contributed by atoms with E-state index >= 15 is 0 Å². The fraction of sp³-hybridized carbons (Fsp3) is 0.562. The maximum atomic E-state index is 12.2. The van der Waals surface area contributed by atoms with E-state index in [4.69, 9.17) is 9.47 Å². The zero-order valence-corrected chi connectivity index (χ0v) is 14.2. The highest BCUT2D eigenvalue weighted by Crippen LogP contribution is 2.34. The lowest BCUT2D eigenvalue weighted by Gasteiger charge is -2.32. The monoisotopic (exact) mass is 341 g/mol. The van der Waals surface area contributed by atoms with Gasteiger partial charge in [0.05, 0.1) is 6.54 Å². The van der Waals surface area contributed by atoms with Crippen molar-refractivity contribution in [1.29, 1.82) is 0 Å². The van der Waals surface area contributed by atoms with Crippen LogP contribution in [-0.4, -0.2) is 50.8 Å². The van der Waals surface area contributed by atoms with E-state index in [1.165, 1.54) is 6.42 Å². The minimum atomic E-state index is 0. The van der Waals surface area contributed by atoms with Crippen LogP contribution in [0.5, 0.6) is 11.5 Å². The van der Waals surface area contributed by atoms with Gasteiger partial charge in [-0.1, -0.05) is 0 Å². The first-order chi connectivity index (χ1) is 10.7. The summed E-state index contributed by atoms with van der Waals surface area (Å²) in [4.78, 5) is 14.4. The smallest absolute Gasteiger partial charge is 0.238 e. The van der Waals surface area contributed by atoms with Crippen LogP contribution in [0.2, 0.25) is 0 Å². The molecule has 2 aliphatic heterocycles. The number of benzene rings is 1. The average Bonchev–Trinajstić information content (AvgIpc) is 2.95. The number of nitrogens with zero attached hydrogens (tertiary/aromatic N) is 1. The second-order valence-electron chi connectivity index (χ2n) is 5.92. The van der Waals surface area contributed by atoms with E-state index in [-0.39, 0.29) is 25.1 Å². The standard InChI is InChI=1S/C16H23N3O3.ClH/c1-17-8-12-3-2-6-19(9-12)10-16(20)18-13-4-5-14-15(7-13)22-11-21-14;/h4-5,7,12,17H,2-3,6,8-11H2,1H3,(H,18,20);1H. The Bertz CT molecular complexity index is 539. The molecule has 0 bridgehead atoms. The predicted octanol–water partition coefficient (Wildman–Crippen LogP) is 1.71. The third kappa shape index (κ3) is 4.73. The number of rotatable bonds is 5. The lowest BCUT2D eigenvalue weighted by Crippen LogP contribution is -2.42. The molecule has 7 heteroatoms. The van der Waals surface area contributed by atoms with Crippen molar-refractivity contribution < 1.29 is 14.3 Å². The van der Waals surface area contributed by atoms with E-state index in [2.05, 4.69) is 15.5 Å². The van der Waals surface area contributed by atoms with Gasteiger partial charge in [0.15, 0.2) is 11.5 Å². The van der Waals surface area contributed by atoms with Gasteiger partial charge >= 0.3 is 0 Å². The van der Waals surface area contributed by atoms with Crippen molar-refractivity contribution in [2.75, 3.05) is 45.3 Å². The van der Waals surface area contributed by atoms with Crippen molar-refractivity contribution in [2.24, 2.45) is 5.92 Å². The van der Waals surface area contributed by atoms with Crippen molar-refractivity contribution in [3.63, 3.8) is 0 Å². The van der Waals surface area contributed by atoms with Crippen LogP contribution in [0.4, 0.5) is 5.69 Å². The summed E-state index contributed by atoms with van der Waals surface area (Å²) in [6.07, 6.45) is 2.39. The van der Waals surface area contributed by atoms with Crippen molar-refractivity contribution in [3.05, 3.63) is 18.2 Å². The molecule has 1 aromatic carbocycles. The Morgan fingerprint density at radius 2 is 2.17 bits per heavy atom. The fourth-order valence-electron chi connectivity index (χ4n) is 3.13. The summed E-state index contributed by atoms with van der Waals surface area (Å²) in [5, 5.41) is 6.16. The second-order valence-corrected chi connectivity index (χ2v) is 5.92. The van der Waals surface area contributed by atoms with Crippen LogP contribution in [0.25, 0.3) is 0 Å². The molecule has 2 heterocycles. The number of likely N-dealkylation sites (tertiary alicyclic amines) is 1. The Labute approximate surface area is 142 Å². The zero-order valence-electron chi connectivity index (χ0n) is 13.3. The maximum Gasteiger partial charge on any atom is 0.238 e. The maximum absolute atomic E-state index is 12.2. The number of hydrogen-bond donors (Lipinski definition) is 2. The van der Waals surface area contributed by atoms with Gasteiger partial charge < -0.3 is 20.1 Å². The van der Waals surface area contributed by atoms with E-state index in [0.29, 0.717) is 18.2 Å². The van der Waals surface area contributed by atoms with E-state index in [1.54, 1.807) is 6.07 Å². The summed E-state index contributed by atoms with van der Waals surface area (Å²) < 4.78 is 10.6. The summed E-state index contributed by atoms with van der Waals surface area (Å²) in [7, 11) is 1.98. The lowest BCUT2D eigenvalue weighted by atomic mass is 9.98. The van der Waals surface area contributed by atoms with Gasteiger partial charge in [-0.2, -0.15) is 0 Å². The normalized spacial score (nSPS) is 20.0. The Kier molecular flexibility index (Phi) is 6.50. The summed E-state index contributed by atoms with van der Waals surface area (Å²) >= 11 is 0. The van der Waals surface area contributed by atoms with E-state index in [0.717, 1.165) is 37.5 Å². The first kappa shape index (κ1) is 17.8. The molecule has 6 nitrogen and oxygen atoms in total. The average molecular weight is 342 g/mol. The molecule has 0 spiro atoms. The lowest BCUT2D eigenvalue weighted by molar-refractivity contribution is -0.117. The summed E-state index contributed by atoms with van der Waals surface area (Å²) in [6, 6.07) is 5.47. The van der Waals surface area contributed by atoms with Gasteiger partial charge in [0.2, 0.25) is 12.7 Å². The van der Waals surface area contributed by atoms with Gasteiger partial charge in [-0.25, -0.2) is 0 Å². The minimum Gasteiger partial charge on any atom is -0.454 e. The van der Waals surface area contributed by atoms with Crippen LogP contribution in [0.15, 0.2) is 18.2 Å². The van der Waals surface area contributed by atoms with E-state index < -0.39 is 0 Å². The third-order valence-corrected chi connectivity index (χ3v) is 4.12. The van der Waals surface area contributed by atoms with Crippen LogP contribution in [0.3, 0.4) is 0 Å². The van der Waals surface area contributed by atoms with Gasteiger partial charge in [-0.15, -0.1) is 12.4 Å². The molecule has 0 aromatic heterocycles. The highest BCUT2D eigenvalue weighted by Gasteiger charge is 2.21. The number of carbonyl (C=O) groups excluding carboxylic acids is 1. The summed E-state index contributed by atoms with van der Waals surface area (Å²) in [5.41, 5.74) is 0.748. The Hall–Kier alpha value is -1.50. The van der Waals surface area contributed by atoms with Crippen LogP contribution in [-0.2, 0) is 4.79 Å². The number of amides is 1. The number of carbonyl (C=O) groups is 1. The van der Waals surface area contributed by atoms with E-state index in [9.17, 15) is 4.79 Å². The van der Waals surface area contributed by atoms with Crippen molar-refractivity contribution in [3.8, 4) is 11.5 Å². The van der Waals surface area contributed by atoms with Gasteiger partial charge in [-0.3, -0.25) is 9.69 Å². The van der Waals surface area contributed by atoms with Crippen molar-refractivity contribution in [2.45, 2.75) is 12.8 Å². The molecule has 1 aromatic rings. The van der Waals surface area contributed by atoms with Crippen LogP contribution in [0, 0.1) is 5.92 Å². The Morgan fingerprint density at radius 1 is 1.35 bits per heavy atom. The van der Waals surface area contributed by atoms with Crippen molar-refractivity contribution >= 4 is 24.0 Å². The molecule has 0 radical (unpaired) electrons. The first-order valence-electron chi connectivity index (χ1n) is 7.81. The molecule has 1 amide bonds. The molecule has 1 fully saturated rings. The molecular formula is C16H24ClN3O3. The van der Waals surface area contributed by atoms with Crippen LogP contribution < -0.4 is 20.1 Å². The molecule has 23 heavy (non-hydrogen) atoms. The topological polar surface area (TPSA) is 62.8 Å². The minimum absolute atomic E-state index is 0. The van der Waals surface area contributed by atoms with Gasteiger partial charge in [-0.05, 0) is 51.0 Å². The van der Waals surface area contributed by atoms with Crippen LogP contribution in [0.1, 0.15) is 12.8 Å². The number of anilines is 1. The predicted molar refractivity (Wildman–Crippen MR) is 91.5 cm³/mol. The molecule has 3 rings (SSSR count). The molecule has 128 valence electrons. The first-order valence-corrected chi connectivity index (χ1v) is 7.81. The molecule has 2 N–H and O–H groups in total. The number of nitrogens with one attached hydrogen (secondary N) is 2. The van der Waals surface area contributed by atoms with E-state index in [1.807, 2.05) is 19.2 Å². The second kappa shape index (κ2) is 8.38. The van der Waals surface area contributed by atoms with Crippen LogP contribution >= 0.6 is 12.4 Å². The number of halogens is 1. The molecule has 0 aliphatic carbocycles. The largest absolute Gasteiger partial charge is 0.454 e. The number of fused-ring (bicyclic) bond motifs is 1. The molecule has 2 aliphatic rings. The highest BCUT2D eigenvalue weighted by atomic mass is 35.5. The Morgan fingerprint density at radius 3 is 3.00 bits per heavy atom. The zero-order chi connectivity index (χ0) is 15.4. The molecule has 1 atom stereocenters. The fourth-order valence-corrected chi connectivity index (χ4v) is 3.13. The van der Waals surface area contributed by atoms with Gasteiger partial charge in [0, 0.05) is 18.3 Å². The Balaban J connectivity index is 0.00000192. The molecule has 0 saturated carbocycles. The summed E-state index contributed by atoms with van der Waals surface area (Å²) in [5.74, 6) is 2.06. The molecule has 1 unspecified atom stereocenters. The summed E-state index contributed by atoms with van der Waals surface area (Å²) in [6.45, 7) is 3.67.